The summed E-state index contributed by atoms with van der Waals surface area (Å²) in [6.07, 6.45) is 4.86. The second-order valence-corrected chi connectivity index (χ2v) is 8.06. The maximum absolute atomic E-state index is 13.0. The predicted octanol–water partition coefficient (Wildman–Crippen LogP) is 6.40. The van der Waals surface area contributed by atoms with Crippen molar-refractivity contribution < 1.29 is 9.59 Å². The molecule has 0 atom stereocenters. The van der Waals surface area contributed by atoms with Crippen LogP contribution >= 0.6 is 11.6 Å². The summed E-state index contributed by atoms with van der Waals surface area (Å²) in [5.41, 5.74) is 4.20. The summed E-state index contributed by atoms with van der Waals surface area (Å²) in [6.45, 7) is 4.14. The van der Waals surface area contributed by atoms with Gasteiger partial charge in [-0.05, 0) is 61.2 Å². The number of para-hydroxylation sites is 1. The van der Waals surface area contributed by atoms with Crippen LogP contribution in [0.2, 0.25) is 5.02 Å². The largest absolute Gasteiger partial charge is 0.319 e. The fourth-order valence-corrected chi connectivity index (χ4v) is 3.32. The second-order valence-electron chi connectivity index (χ2n) is 7.66. The van der Waals surface area contributed by atoms with Crippen LogP contribution in [0.25, 0.3) is 6.08 Å². The van der Waals surface area contributed by atoms with Crippen molar-refractivity contribution in [2.75, 3.05) is 5.32 Å². The molecule has 3 aromatic carbocycles. The van der Waals surface area contributed by atoms with Crippen molar-refractivity contribution in [3.05, 3.63) is 106 Å². The lowest BCUT2D eigenvalue weighted by Gasteiger charge is -2.12. The molecule has 4 nitrogen and oxygen atoms in total. The number of benzene rings is 3. The van der Waals surface area contributed by atoms with Crippen molar-refractivity contribution in [3.8, 4) is 0 Å². The summed E-state index contributed by atoms with van der Waals surface area (Å²) >= 11 is 6.18. The van der Waals surface area contributed by atoms with Crippen molar-refractivity contribution >= 4 is 35.2 Å². The Labute approximate surface area is 194 Å². The zero-order valence-electron chi connectivity index (χ0n) is 18.3. The van der Waals surface area contributed by atoms with Gasteiger partial charge in [0.15, 0.2) is 0 Å². The fourth-order valence-electron chi connectivity index (χ4n) is 3.14. The Hall–Kier alpha value is -3.37. The van der Waals surface area contributed by atoms with Gasteiger partial charge in [-0.2, -0.15) is 0 Å². The molecule has 32 heavy (non-hydrogen) atoms. The highest BCUT2D eigenvalue weighted by atomic mass is 35.5. The van der Waals surface area contributed by atoms with E-state index in [0.717, 1.165) is 30.4 Å². The Balaban J connectivity index is 1.83. The molecule has 0 saturated heterocycles. The Morgan fingerprint density at radius 1 is 0.938 bits per heavy atom. The molecule has 0 fully saturated rings. The standard InChI is InChI=1S/C27H27ClN2O2/c1-3-4-7-20-14-16-22(17-15-20)26(31)30-25(18-21-12-10-19(2)11-13-21)27(32)29-24-9-6-5-8-23(24)28/h5-6,8-18H,3-4,7H2,1-2H3,(H,29,32)(H,30,31)/b25-18-. The molecule has 164 valence electrons. The van der Waals surface area contributed by atoms with Crippen molar-refractivity contribution in [2.45, 2.75) is 33.1 Å². The van der Waals surface area contributed by atoms with E-state index in [-0.39, 0.29) is 11.6 Å². The minimum Gasteiger partial charge on any atom is -0.319 e. The highest BCUT2D eigenvalue weighted by molar-refractivity contribution is 6.34. The number of rotatable bonds is 8. The summed E-state index contributed by atoms with van der Waals surface area (Å²) < 4.78 is 0. The van der Waals surface area contributed by atoms with Gasteiger partial charge in [-0.15, -0.1) is 0 Å². The first-order valence-corrected chi connectivity index (χ1v) is 11.1. The van der Waals surface area contributed by atoms with Crippen LogP contribution in [0.5, 0.6) is 0 Å². The summed E-state index contributed by atoms with van der Waals surface area (Å²) in [5.74, 6) is -0.800. The molecule has 2 N–H and O–H groups in total. The summed E-state index contributed by atoms with van der Waals surface area (Å²) in [4.78, 5) is 25.9. The topological polar surface area (TPSA) is 58.2 Å². The van der Waals surface area contributed by atoms with Gasteiger partial charge in [-0.25, -0.2) is 0 Å². The third kappa shape index (κ3) is 6.56. The van der Waals surface area contributed by atoms with Crippen LogP contribution in [0.4, 0.5) is 5.69 Å². The molecule has 0 saturated carbocycles. The van der Waals surface area contributed by atoms with E-state index in [4.69, 9.17) is 11.6 Å². The van der Waals surface area contributed by atoms with Crippen molar-refractivity contribution in [3.63, 3.8) is 0 Å². The fraction of sp³-hybridized carbons (Fsp3) is 0.185. The summed E-state index contributed by atoms with van der Waals surface area (Å²) in [5, 5.41) is 5.96. The van der Waals surface area contributed by atoms with Crippen LogP contribution in [0, 0.1) is 6.92 Å². The summed E-state index contributed by atoms with van der Waals surface area (Å²) in [7, 11) is 0. The molecule has 0 radical (unpaired) electrons. The number of hydrogen-bond acceptors (Lipinski definition) is 2. The third-order valence-electron chi connectivity index (χ3n) is 5.04. The molecule has 3 aromatic rings. The number of hydrogen-bond donors (Lipinski definition) is 2. The predicted molar refractivity (Wildman–Crippen MR) is 132 cm³/mol. The van der Waals surface area contributed by atoms with E-state index in [0.29, 0.717) is 16.3 Å². The smallest absolute Gasteiger partial charge is 0.272 e. The maximum atomic E-state index is 13.0. The highest BCUT2D eigenvalue weighted by Crippen LogP contribution is 2.21. The molecule has 0 aromatic heterocycles. The molecule has 0 unspecified atom stereocenters. The van der Waals surface area contributed by atoms with E-state index in [9.17, 15) is 9.59 Å². The van der Waals surface area contributed by atoms with Gasteiger partial charge in [0.2, 0.25) is 0 Å². The number of nitrogens with one attached hydrogen (secondary N) is 2. The Morgan fingerprint density at radius 3 is 2.28 bits per heavy atom. The van der Waals surface area contributed by atoms with Crippen molar-refractivity contribution in [2.24, 2.45) is 0 Å². The molecular formula is C27H27ClN2O2. The van der Waals surface area contributed by atoms with Gasteiger partial charge in [0.1, 0.15) is 5.70 Å². The van der Waals surface area contributed by atoms with Gasteiger partial charge in [0.25, 0.3) is 11.8 Å². The molecule has 0 aliphatic rings. The number of unbranched alkanes of at least 4 members (excludes halogenated alkanes) is 1. The molecular weight excluding hydrogens is 420 g/mol. The van der Waals surface area contributed by atoms with Crippen LogP contribution in [0.15, 0.2) is 78.5 Å². The minimum atomic E-state index is -0.452. The molecule has 0 spiro atoms. The average molecular weight is 447 g/mol. The van der Waals surface area contributed by atoms with E-state index in [2.05, 4.69) is 17.6 Å². The van der Waals surface area contributed by atoms with Crippen LogP contribution < -0.4 is 10.6 Å². The van der Waals surface area contributed by atoms with Crippen LogP contribution in [0.1, 0.15) is 46.8 Å². The lowest BCUT2D eigenvalue weighted by atomic mass is 10.1. The van der Waals surface area contributed by atoms with Gasteiger partial charge < -0.3 is 10.6 Å². The summed E-state index contributed by atoms with van der Waals surface area (Å²) in [6, 6.07) is 22.1. The number of carbonyl (C=O) groups is 2. The second kappa shape index (κ2) is 11.3. The number of aryl methyl sites for hydroxylation is 2. The van der Waals surface area contributed by atoms with E-state index in [1.54, 1.807) is 42.5 Å². The normalized spacial score (nSPS) is 11.2. The first kappa shape index (κ1) is 23.3. The molecule has 0 aliphatic carbocycles. The zero-order chi connectivity index (χ0) is 22.9. The quantitative estimate of drug-likeness (QED) is 0.393. The zero-order valence-corrected chi connectivity index (χ0v) is 19.1. The third-order valence-corrected chi connectivity index (χ3v) is 5.37. The maximum Gasteiger partial charge on any atom is 0.272 e. The van der Waals surface area contributed by atoms with Crippen LogP contribution in [0.3, 0.4) is 0 Å². The van der Waals surface area contributed by atoms with Gasteiger partial charge >= 0.3 is 0 Å². The van der Waals surface area contributed by atoms with E-state index in [1.165, 1.54) is 5.56 Å². The Bertz CT molecular complexity index is 1100. The molecule has 2 amide bonds. The highest BCUT2D eigenvalue weighted by Gasteiger charge is 2.16. The van der Waals surface area contributed by atoms with Gasteiger partial charge in [-0.1, -0.05) is 79.0 Å². The van der Waals surface area contributed by atoms with Gasteiger partial charge in [-0.3, -0.25) is 9.59 Å². The van der Waals surface area contributed by atoms with E-state index in [1.807, 2.05) is 43.3 Å². The lowest BCUT2D eigenvalue weighted by molar-refractivity contribution is -0.113. The average Bonchev–Trinajstić information content (AvgIpc) is 2.80. The lowest BCUT2D eigenvalue weighted by Crippen LogP contribution is -2.30. The molecule has 0 bridgehead atoms. The number of amides is 2. The first-order valence-electron chi connectivity index (χ1n) is 10.7. The van der Waals surface area contributed by atoms with E-state index < -0.39 is 5.91 Å². The minimum absolute atomic E-state index is 0.133. The van der Waals surface area contributed by atoms with Crippen LogP contribution in [-0.2, 0) is 11.2 Å². The molecule has 0 aliphatic heterocycles. The van der Waals surface area contributed by atoms with Gasteiger partial charge in [0, 0.05) is 5.56 Å². The molecule has 0 heterocycles. The number of carbonyl (C=O) groups excluding carboxylic acids is 2. The first-order chi connectivity index (χ1) is 15.5. The molecule has 3 rings (SSSR count). The van der Waals surface area contributed by atoms with Crippen molar-refractivity contribution in [1.29, 1.82) is 0 Å². The Morgan fingerprint density at radius 2 is 1.62 bits per heavy atom. The number of halogens is 1. The van der Waals surface area contributed by atoms with E-state index >= 15 is 0 Å². The molecule has 5 heteroatoms. The Kier molecular flexibility index (Phi) is 8.23. The SMILES string of the molecule is CCCCc1ccc(C(=O)N/C(=C\c2ccc(C)cc2)C(=O)Nc2ccccc2Cl)cc1. The van der Waals surface area contributed by atoms with Gasteiger partial charge in [0.05, 0.1) is 10.7 Å². The number of anilines is 1. The van der Waals surface area contributed by atoms with Crippen molar-refractivity contribution in [1.82, 2.24) is 5.32 Å². The monoisotopic (exact) mass is 446 g/mol. The van der Waals surface area contributed by atoms with Crippen LogP contribution in [-0.4, -0.2) is 11.8 Å².